The van der Waals surface area contributed by atoms with Gasteiger partial charge in [-0.15, -0.1) is 0 Å². The highest BCUT2D eigenvalue weighted by Crippen LogP contribution is 2.13. The van der Waals surface area contributed by atoms with Crippen molar-refractivity contribution in [1.29, 1.82) is 5.41 Å². The van der Waals surface area contributed by atoms with Gasteiger partial charge in [-0.2, -0.15) is 5.10 Å². The second kappa shape index (κ2) is 6.62. The summed E-state index contributed by atoms with van der Waals surface area (Å²) in [6, 6.07) is -0.733. The van der Waals surface area contributed by atoms with Crippen molar-refractivity contribution in [3.8, 4) is 0 Å². The maximum Gasteiger partial charge on any atom is 0.365 e. The highest BCUT2D eigenvalue weighted by molar-refractivity contribution is 5.89. The van der Waals surface area contributed by atoms with Crippen molar-refractivity contribution >= 4 is 17.9 Å². The van der Waals surface area contributed by atoms with Gasteiger partial charge in [0.1, 0.15) is 6.61 Å². The van der Waals surface area contributed by atoms with Crippen molar-refractivity contribution < 1.29 is 9.53 Å². The Morgan fingerprint density at radius 3 is 3.17 bits per heavy atom. The van der Waals surface area contributed by atoms with E-state index >= 15 is 0 Å². The molecular formula is C8H12N8O2. The highest BCUT2D eigenvalue weighted by Gasteiger charge is 2.09. The summed E-state index contributed by atoms with van der Waals surface area (Å²) in [6.07, 6.45) is 3.64. The molecule has 10 nitrogen and oxygen atoms in total. The maximum atomic E-state index is 11.1. The number of aromatic nitrogens is 2. The molecule has 1 aromatic heterocycles. The van der Waals surface area contributed by atoms with Crippen LogP contribution in [0.4, 0.5) is 10.5 Å². The van der Waals surface area contributed by atoms with Gasteiger partial charge in [-0.05, 0) is 0 Å². The Kier molecular flexibility index (Phi) is 4.84. The van der Waals surface area contributed by atoms with Crippen molar-refractivity contribution in [1.82, 2.24) is 10.2 Å². The third kappa shape index (κ3) is 3.92. The van der Waals surface area contributed by atoms with E-state index in [1.807, 2.05) is 0 Å². The Labute approximate surface area is 102 Å². The number of nitrogens with zero attached hydrogens (tertiary/aromatic N) is 3. The van der Waals surface area contributed by atoms with Crippen LogP contribution < -0.4 is 16.9 Å². The zero-order chi connectivity index (χ0) is 13.4. The van der Waals surface area contributed by atoms with Crippen LogP contribution >= 0.6 is 0 Å². The fourth-order valence-corrected chi connectivity index (χ4v) is 1.01. The van der Waals surface area contributed by atoms with Gasteiger partial charge in [-0.25, -0.2) is 4.79 Å². The van der Waals surface area contributed by atoms with Crippen molar-refractivity contribution in [2.24, 2.45) is 21.9 Å². The summed E-state index contributed by atoms with van der Waals surface area (Å²) in [7, 11) is 0. The smallest absolute Gasteiger partial charge is 0.365 e. The number of aromatic amines is 1. The fourth-order valence-electron chi connectivity index (χ4n) is 1.01. The first-order chi connectivity index (χ1) is 8.67. The first-order valence-electron chi connectivity index (χ1n) is 4.70. The summed E-state index contributed by atoms with van der Waals surface area (Å²) in [6.45, 7) is 0.0472. The molecule has 0 saturated heterocycles. The number of carbonyl (C=O) groups is 1. The van der Waals surface area contributed by atoms with Crippen LogP contribution in [0.25, 0.3) is 0 Å². The van der Waals surface area contributed by atoms with E-state index in [4.69, 9.17) is 21.7 Å². The first-order valence-corrected chi connectivity index (χ1v) is 4.70. The number of amides is 2. The van der Waals surface area contributed by atoms with E-state index in [2.05, 4.69) is 25.9 Å². The number of allylic oxidation sites excluding steroid dienone is 1. The third-order valence-electron chi connectivity index (χ3n) is 1.74. The topological polar surface area (TPSA) is 168 Å². The van der Waals surface area contributed by atoms with Gasteiger partial charge in [0, 0.05) is 12.3 Å². The molecule has 0 fully saturated rings. The Morgan fingerprint density at radius 2 is 2.50 bits per heavy atom. The number of urea groups is 1. The van der Waals surface area contributed by atoms with Crippen LogP contribution in [0.5, 0.6) is 0 Å². The van der Waals surface area contributed by atoms with Crippen molar-refractivity contribution in [2.45, 2.75) is 6.61 Å². The number of carbonyl (C=O) groups excluding carboxylic acids is 1. The lowest BCUT2D eigenvalue weighted by Crippen LogP contribution is -2.09. The molecule has 18 heavy (non-hydrogen) atoms. The molecule has 0 aliphatic heterocycles. The molecule has 1 heterocycles. The summed E-state index contributed by atoms with van der Waals surface area (Å²) in [5.41, 5.74) is 6.27. The van der Waals surface area contributed by atoms with Crippen LogP contribution in [-0.2, 0) is 11.3 Å². The molecule has 7 N–H and O–H groups in total. The van der Waals surface area contributed by atoms with Gasteiger partial charge in [0.15, 0.2) is 5.88 Å². The number of H-pyrrole nitrogens is 1. The average Bonchev–Trinajstić information content (AvgIpc) is 2.74. The molecule has 0 atom stereocenters. The van der Waals surface area contributed by atoms with Gasteiger partial charge < -0.3 is 27.0 Å². The average molecular weight is 252 g/mol. The molecule has 0 spiro atoms. The summed E-state index contributed by atoms with van der Waals surface area (Å²) >= 11 is 0. The molecule has 2 amide bonds. The van der Waals surface area contributed by atoms with E-state index < -0.39 is 6.03 Å². The van der Waals surface area contributed by atoms with Gasteiger partial charge in [0.05, 0.1) is 17.6 Å². The van der Waals surface area contributed by atoms with Gasteiger partial charge in [0.2, 0.25) is 0 Å². The van der Waals surface area contributed by atoms with Crippen molar-refractivity contribution in [2.75, 3.05) is 5.32 Å². The molecule has 0 aromatic carbocycles. The molecule has 1 aromatic rings. The summed E-state index contributed by atoms with van der Waals surface area (Å²) < 4.78 is 5.10. The van der Waals surface area contributed by atoms with E-state index in [9.17, 15) is 4.79 Å². The number of nitrogens with two attached hydrogens (primary N) is 2. The molecule has 0 saturated carbocycles. The Bertz CT molecular complexity index is 477. The monoisotopic (exact) mass is 252 g/mol. The van der Waals surface area contributed by atoms with Crippen LogP contribution in [0.15, 0.2) is 28.5 Å². The first kappa shape index (κ1) is 13.2. The summed E-state index contributed by atoms with van der Waals surface area (Å²) in [4.78, 5) is 11.1. The highest BCUT2D eigenvalue weighted by atomic mass is 16.5. The number of hydrogen-bond donors (Lipinski definition) is 5. The minimum absolute atomic E-state index is 0.0472. The molecule has 96 valence electrons. The second-order valence-corrected chi connectivity index (χ2v) is 2.93. The minimum atomic E-state index is -0.733. The van der Waals surface area contributed by atoms with Gasteiger partial charge >= 0.3 is 6.03 Å². The van der Waals surface area contributed by atoms with Gasteiger partial charge in [-0.3, -0.25) is 5.10 Å². The Balaban J connectivity index is 2.62. The molecule has 0 unspecified atom stereocenters. The van der Waals surface area contributed by atoms with E-state index in [1.165, 1.54) is 12.3 Å². The molecule has 1 rings (SSSR count). The van der Waals surface area contributed by atoms with Gasteiger partial charge in [0.25, 0.3) is 0 Å². The van der Waals surface area contributed by atoms with Crippen LogP contribution in [0.2, 0.25) is 0 Å². The van der Waals surface area contributed by atoms with E-state index in [0.717, 1.165) is 6.21 Å². The second-order valence-electron chi connectivity index (χ2n) is 2.93. The fraction of sp³-hybridized carbons (Fsp3) is 0.125. The predicted octanol–water partition coefficient (Wildman–Crippen LogP) is 0.234. The van der Waals surface area contributed by atoms with Crippen LogP contribution in [0.3, 0.4) is 0 Å². The number of ether oxygens (including phenoxy) is 1. The lowest BCUT2D eigenvalue weighted by atomic mass is 10.4. The lowest BCUT2D eigenvalue weighted by Gasteiger charge is -2.05. The van der Waals surface area contributed by atoms with E-state index in [-0.39, 0.29) is 12.5 Å². The van der Waals surface area contributed by atoms with E-state index in [1.54, 1.807) is 0 Å². The normalized spacial score (nSPS) is 11.4. The predicted molar refractivity (Wildman–Crippen MR) is 62.5 cm³/mol. The lowest BCUT2D eigenvalue weighted by molar-refractivity contribution is 0.193. The van der Waals surface area contributed by atoms with Crippen LogP contribution in [0.1, 0.15) is 5.69 Å². The number of anilines is 1. The molecular weight excluding hydrogens is 240 g/mol. The maximum absolute atomic E-state index is 11.1. The minimum Gasteiger partial charge on any atom is -0.473 e. The summed E-state index contributed by atoms with van der Waals surface area (Å²) in [5.74, 6) is 4.80. The largest absolute Gasteiger partial charge is 0.473 e. The standard InChI is InChI=1S/C8H12N8O2/c9-2-1-7(10)18-4-6-5(3-12-14-6)13-8(17)15-16-11/h1-3,9H,4,10H2,(H,12,14)(H3,11,13,15,17). The molecule has 0 aliphatic rings. The quantitative estimate of drug-likeness (QED) is 0.166. The number of rotatable bonds is 5. The molecule has 0 bridgehead atoms. The Hall–Kier alpha value is -2.91. The van der Waals surface area contributed by atoms with Crippen molar-refractivity contribution in [3.63, 3.8) is 0 Å². The molecule has 10 heteroatoms. The van der Waals surface area contributed by atoms with E-state index in [0.29, 0.717) is 11.4 Å². The van der Waals surface area contributed by atoms with Crippen LogP contribution in [-0.4, -0.2) is 22.4 Å². The summed E-state index contributed by atoms with van der Waals surface area (Å²) in [5, 5.41) is 21.4. The Morgan fingerprint density at radius 1 is 1.72 bits per heavy atom. The molecule has 0 aliphatic carbocycles. The third-order valence-corrected chi connectivity index (χ3v) is 1.74. The van der Waals surface area contributed by atoms with Crippen LogP contribution in [0, 0.1) is 5.41 Å². The molecule has 0 radical (unpaired) electrons. The zero-order valence-electron chi connectivity index (χ0n) is 9.25. The van der Waals surface area contributed by atoms with Crippen molar-refractivity contribution in [3.05, 3.63) is 23.8 Å². The SMILES string of the molecule is N=CC=C(N)OCc1[nH]ncc1NC(=O)N=NN. The number of nitrogens with one attached hydrogen (secondary N) is 3. The number of hydrogen-bond acceptors (Lipinski definition) is 6. The van der Waals surface area contributed by atoms with Gasteiger partial charge in [-0.1, -0.05) is 10.3 Å². The zero-order valence-corrected chi connectivity index (χ0v) is 9.25.